The van der Waals surface area contributed by atoms with Crippen LogP contribution < -0.4 is 21.3 Å². The highest BCUT2D eigenvalue weighted by atomic mass is 32.1. The van der Waals surface area contributed by atoms with Crippen LogP contribution in [0.1, 0.15) is 171 Å². The van der Waals surface area contributed by atoms with Gasteiger partial charge in [0.15, 0.2) is 11.9 Å². The molecule has 506 valence electrons. The van der Waals surface area contributed by atoms with E-state index in [1.54, 1.807) is 41.5 Å². The number of ether oxygens (including phenoxy) is 3. The number of esters is 1. The first-order valence-corrected chi connectivity index (χ1v) is 32.8. The average Bonchev–Trinajstić information content (AvgIpc) is 1.63. The van der Waals surface area contributed by atoms with E-state index in [1.165, 1.54) is 26.0 Å². The number of imide groups is 1. The van der Waals surface area contributed by atoms with Crippen molar-refractivity contribution in [1.82, 2.24) is 35.6 Å². The van der Waals surface area contributed by atoms with Gasteiger partial charge in [0.1, 0.15) is 28.6 Å². The summed E-state index contributed by atoms with van der Waals surface area (Å²) in [6.45, 7) is 18.8. The summed E-state index contributed by atoms with van der Waals surface area (Å²) in [7, 11) is 3.63. The highest BCUT2D eigenvalue weighted by Crippen LogP contribution is 2.35. The Bertz CT molecular complexity index is 2970. The Morgan fingerprint density at radius 3 is 2.10 bits per heavy atom. The molecule has 92 heavy (non-hydrogen) atoms. The Morgan fingerprint density at radius 1 is 0.826 bits per heavy atom. The molecule has 0 spiro atoms. The van der Waals surface area contributed by atoms with Gasteiger partial charge in [0.05, 0.1) is 25.4 Å². The van der Waals surface area contributed by atoms with Gasteiger partial charge < -0.3 is 45.5 Å². The molecule has 4 unspecified atom stereocenters. The number of amides is 7. The second-order valence-corrected chi connectivity index (χ2v) is 25.8. The number of likely N-dealkylation sites (N-methyl/N-ethyl adjacent to an activating group) is 1. The van der Waals surface area contributed by atoms with E-state index in [0.29, 0.717) is 61.4 Å². The summed E-state index contributed by atoms with van der Waals surface area (Å²) < 4.78 is 16.4. The number of rotatable bonds is 43. The van der Waals surface area contributed by atoms with Gasteiger partial charge in [0.2, 0.25) is 23.6 Å². The van der Waals surface area contributed by atoms with Crippen molar-refractivity contribution in [2.45, 2.75) is 189 Å². The molecule has 2 heterocycles. The molecule has 7 amide bonds. The molecule has 4 rings (SSSR count). The molecule has 1 aromatic heterocycles. The fourth-order valence-electron chi connectivity index (χ4n) is 10.5. The number of ketones is 2. The summed E-state index contributed by atoms with van der Waals surface area (Å²) in [6, 6.07) is 12.6. The third kappa shape index (κ3) is 25.2. The molecule has 1 aliphatic rings. The first kappa shape index (κ1) is 76.9. The zero-order valence-electron chi connectivity index (χ0n) is 55.7. The van der Waals surface area contributed by atoms with Crippen LogP contribution in [0.25, 0.3) is 0 Å². The molecule has 0 aliphatic carbocycles. The number of carbonyl (C=O) groups excluding carboxylic acids is 11. The van der Waals surface area contributed by atoms with Crippen molar-refractivity contribution in [1.29, 1.82) is 0 Å². The van der Waals surface area contributed by atoms with Crippen molar-refractivity contribution in [3.8, 4) is 0 Å². The number of thiazole rings is 1. The minimum atomic E-state index is -1.07. The quantitative estimate of drug-likeness (QED) is 0.0162. The molecule has 0 radical (unpaired) electrons. The van der Waals surface area contributed by atoms with E-state index in [0.717, 1.165) is 27.4 Å². The van der Waals surface area contributed by atoms with Gasteiger partial charge >= 0.3 is 5.97 Å². The van der Waals surface area contributed by atoms with Gasteiger partial charge in [0, 0.05) is 112 Å². The van der Waals surface area contributed by atoms with Gasteiger partial charge in [-0.2, -0.15) is 0 Å². The largest absolute Gasteiger partial charge is 0.465 e. The summed E-state index contributed by atoms with van der Waals surface area (Å²) in [6.07, 6.45) is 3.52. The number of benzene rings is 2. The number of carbonyl (C=O) groups is 11. The lowest BCUT2D eigenvalue weighted by Gasteiger charge is -2.40. The Labute approximate surface area is 545 Å². The fourth-order valence-corrected chi connectivity index (χ4v) is 11.3. The van der Waals surface area contributed by atoms with Crippen LogP contribution in [0.3, 0.4) is 0 Å². The topological polar surface area (TPSA) is 306 Å². The van der Waals surface area contributed by atoms with Crippen molar-refractivity contribution in [2.75, 3.05) is 52.3 Å². The Morgan fingerprint density at radius 2 is 1.49 bits per heavy atom. The molecule has 0 saturated carbocycles. The van der Waals surface area contributed by atoms with Crippen LogP contribution in [0.4, 0.5) is 5.69 Å². The number of hydrogen-bond donors (Lipinski definition) is 5. The fraction of sp³-hybridized carbons (Fsp3) is 0.588. The monoisotopic (exact) mass is 1300 g/mol. The van der Waals surface area contributed by atoms with Gasteiger partial charge in [-0.25, -0.2) is 4.98 Å². The van der Waals surface area contributed by atoms with E-state index in [2.05, 4.69) is 21.3 Å². The molecule has 0 bridgehead atoms. The molecule has 0 saturated heterocycles. The summed E-state index contributed by atoms with van der Waals surface area (Å²) in [5.74, 6) is -6.13. The van der Waals surface area contributed by atoms with E-state index in [-0.39, 0.29) is 119 Å². The molecular weight excluding hydrogens is 1200 g/mol. The third-order valence-electron chi connectivity index (χ3n) is 16.9. The molecule has 23 nitrogen and oxygen atoms in total. The molecule has 5 N–H and O–H groups in total. The number of Topliss-reactive ketones (excluding diaryl/α,β-unsaturated/α-hetero) is 2. The molecular formula is C68H98N8O15S. The summed E-state index contributed by atoms with van der Waals surface area (Å²) >= 11 is 1.13. The number of nitrogens with zero attached hydrogens (tertiary/aromatic N) is 4. The zero-order chi connectivity index (χ0) is 68.2. The van der Waals surface area contributed by atoms with Crippen LogP contribution in [0.15, 0.2) is 66.1 Å². The number of hydrogen-bond acceptors (Lipinski definition) is 18. The first-order valence-electron chi connectivity index (χ1n) is 31.9. The summed E-state index contributed by atoms with van der Waals surface area (Å²) in [5, 5.41) is 22.3. The van der Waals surface area contributed by atoms with Gasteiger partial charge in [-0.1, -0.05) is 82.5 Å². The number of unbranched alkanes of at least 4 members (excludes halogenated alkanes) is 1. The SMILES string of the molecule is CCC(C)[C@H](CC(=O)C(C)(C)N(C)C)C(=O)N(Cc1ccc(NC(=O)C(C)NC(=O)C(CCCCNC(=O)CCOCCO)CC(=O)CCCN2C(=O)C=CC2=O)cc1)[C@H](C[C@@H](OC(C)=O)c1nc(C(=O)N[C@@H](Cc2ccc(C)cc2)CC(C)OC=O)cs1)C(C)C. The van der Waals surface area contributed by atoms with Crippen molar-refractivity contribution in [3.05, 3.63) is 93.5 Å². The van der Waals surface area contributed by atoms with Gasteiger partial charge in [-0.15, -0.1) is 11.3 Å². The number of aryl methyl sites for hydroxylation is 1. The van der Waals surface area contributed by atoms with Crippen LogP contribution in [-0.4, -0.2) is 167 Å². The predicted octanol–water partition coefficient (Wildman–Crippen LogP) is 7.16. The smallest absolute Gasteiger partial charge is 0.303 e. The van der Waals surface area contributed by atoms with Crippen molar-refractivity contribution < 1.29 is 72.1 Å². The highest BCUT2D eigenvalue weighted by Gasteiger charge is 2.41. The van der Waals surface area contributed by atoms with E-state index in [4.69, 9.17) is 24.3 Å². The Balaban J connectivity index is 1.59. The van der Waals surface area contributed by atoms with E-state index >= 15 is 4.79 Å². The van der Waals surface area contributed by atoms with Crippen molar-refractivity contribution >= 4 is 82.4 Å². The zero-order valence-corrected chi connectivity index (χ0v) is 56.5. The van der Waals surface area contributed by atoms with Crippen LogP contribution >= 0.6 is 11.3 Å². The van der Waals surface area contributed by atoms with Gasteiger partial charge in [0.25, 0.3) is 24.2 Å². The van der Waals surface area contributed by atoms with Crippen molar-refractivity contribution in [2.24, 2.45) is 23.7 Å². The number of aliphatic hydroxyl groups is 1. The van der Waals surface area contributed by atoms with E-state index in [1.807, 2.05) is 91.7 Å². The first-order chi connectivity index (χ1) is 43.6. The normalized spacial score (nSPS) is 15.0. The number of nitrogens with one attached hydrogen (secondary N) is 4. The minimum absolute atomic E-state index is 0.00218. The lowest BCUT2D eigenvalue weighted by molar-refractivity contribution is -0.151. The minimum Gasteiger partial charge on any atom is -0.465 e. The molecule has 3 aromatic rings. The third-order valence-corrected chi connectivity index (χ3v) is 17.8. The molecule has 0 fully saturated rings. The standard InChI is InChI=1S/C68H98N8O15S/c1-13-45(5)55(38-59(81)68(9,10)74(11)12)67(88)76(57(43(2)3)39-58(91-48(8)79)66-73-56(41-92-66)65(87)72-53(35-46(6)90-42-78)36-49-21-19-44(4)20-22-49)40-50-23-25-52(26-24-50)71-63(85)47(7)70-64(86)51(17-14-15-30-69-60(82)29-33-89-34-32-77)37-54(80)18-16-31-75-61(83)27-28-62(75)84/h19-28,41-43,45-47,51,53,55,57-58,77H,13-18,29-40H2,1-12H3,(H,69,82)(H,70,86)(H,71,85)(H,72,87)/t45?,46?,47?,51?,53-,55+,57-,58-/m1/s1. The van der Waals surface area contributed by atoms with E-state index < -0.39 is 83.2 Å². The number of aromatic nitrogens is 1. The second-order valence-electron chi connectivity index (χ2n) is 24.9. The predicted molar refractivity (Wildman–Crippen MR) is 348 cm³/mol. The van der Waals surface area contributed by atoms with Gasteiger partial charge in [-0.3, -0.25) is 62.5 Å². The van der Waals surface area contributed by atoms with Crippen LogP contribution in [0.2, 0.25) is 0 Å². The maximum absolute atomic E-state index is 15.6. The molecule has 24 heteroatoms. The Hall–Kier alpha value is -7.54. The lowest BCUT2D eigenvalue weighted by Crippen LogP contribution is -2.50. The molecule has 8 atom stereocenters. The summed E-state index contributed by atoms with van der Waals surface area (Å²) in [5.41, 5.74) is 2.26. The lowest BCUT2D eigenvalue weighted by atomic mass is 9.81. The Kier molecular flexibility index (Phi) is 32.2. The average molecular weight is 1300 g/mol. The highest BCUT2D eigenvalue weighted by molar-refractivity contribution is 7.09. The number of anilines is 1. The number of aliphatic hydroxyl groups excluding tert-OH is 1. The van der Waals surface area contributed by atoms with Crippen LogP contribution in [0.5, 0.6) is 0 Å². The van der Waals surface area contributed by atoms with Crippen molar-refractivity contribution in [3.63, 3.8) is 0 Å². The molecule has 2 aromatic carbocycles. The maximum Gasteiger partial charge on any atom is 0.303 e. The second kappa shape index (κ2) is 38.5. The molecule has 1 aliphatic heterocycles. The van der Waals surface area contributed by atoms with E-state index in [9.17, 15) is 47.9 Å². The van der Waals surface area contributed by atoms with Gasteiger partial charge in [-0.05, 0) is 109 Å². The van der Waals surface area contributed by atoms with Crippen LogP contribution in [-0.2, 0) is 75.1 Å². The van der Waals surface area contributed by atoms with Crippen LogP contribution in [0, 0.1) is 30.6 Å². The maximum atomic E-state index is 15.6. The summed E-state index contributed by atoms with van der Waals surface area (Å²) in [4.78, 5) is 155.